The summed E-state index contributed by atoms with van der Waals surface area (Å²) in [7, 11) is 0. The second-order valence-electron chi connectivity index (χ2n) is 2.28. The van der Waals surface area contributed by atoms with E-state index in [1.807, 2.05) is 30.3 Å². The van der Waals surface area contributed by atoms with Crippen molar-refractivity contribution in [2.45, 2.75) is 0 Å². The average Bonchev–Trinajstić information content (AvgIpc) is 2.14. The fraction of sp³-hybridized carbons (Fsp3) is 0.200. The molecule has 0 spiro atoms. The summed E-state index contributed by atoms with van der Waals surface area (Å²) in [6.45, 7) is 0.572. The largest absolute Gasteiger partial charge is 0.490 e. The van der Waals surface area contributed by atoms with E-state index in [1.54, 1.807) is 12.2 Å². The molecule has 0 aliphatic heterocycles. The number of hydrogen-bond donors (Lipinski definition) is 1. The van der Waals surface area contributed by atoms with Crippen LogP contribution in [0.1, 0.15) is 0 Å². The van der Waals surface area contributed by atoms with E-state index in [0.717, 1.165) is 5.75 Å². The Balaban J connectivity index is 2.29. The van der Waals surface area contributed by atoms with Crippen molar-refractivity contribution in [2.75, 3.05) is 13.2 Å². The molecule has 0 unspecified atom stereocenters. The van der Waals surface area contributed by atoms with Crippen LogP contribution >= 0.6 is 0 Å². The first-order valence-corrected chi connectivity index (χ1v) is 3.87. The molecule has 1 rings (SSSR count). The van der Waals surface area contributed by atoms with Crippen molar-refractivity contribution in [1.29, 1.82) is 0 Å². The number of ether oxygens (including phenoxy) is 1. The molecule has 2 heteroatoms. The van der Waals surface area contributed by atoms with Crippen molar-refractivity contribution in [3.63, 3.8) is 0 Å². The van der Waals surface area contributed by atoms with Gasteiger partial charge in [-0.25, -0.2) is 0 Å². The lowest BCUT2D eigenvalue weighted by atomic mass is 10.3. The quantitative estimate of drug-likeness (QED) is 0.685. The van der Waals surface area contributed by atoms with Crippen molar-refractivity contribution >= 4 is 0 Å². The first kappa shape index (κ1) is 8.81. The SMILES string of the molecule is OCC=CCOc1ccccc1. The predicted octanol–water partition coefficient (Wildman–Crippen LogP) is 1.61. The van der Waals surface area contributed by atoms with Gasteiger partial charge in [0.2, 0.25) is 0 Å². The minimum absolute atomic E-state index is 0.0676. The number of aliphatic hydroxyl groups is 1. The van der Waals surface area contributed by atoms with E-state index in [0.29, 0.717) is 6.61 Å². The van der Waals surface area contributed by atoms with E-state index < -0.39 is 0 Å². The smallest absolute Gasteiger partial charge is 0.119 e. The highest BCUT2D eigenvalue weighted by Crippen LogP contribution is 2.07. The summed E-state index contributed by atoms with van der Waals surface area (Å²) in [5.41, 5.74) is 0. The monoisotopic (exact) mass is 164 g/mol. The third-order valence-corrected chi connectivity index (χ3v) is 1.36. The third kappa shape index (κ3) is 3.21. The summed E-state index contributed by atoms with van der Waals surface area (Å²) in [6, 6.07) is 9.58. The van der Waals surface area contributed by atoms with E-state index in [-0.39, 0.29) is 6.61 Å². The predicted molar refractivity (Wildman–Crippen MR) is 48.2 cm³/mol. The minimum atomic E-state index is 0.0676. The van der Waals surface area contributed by atoms with Gasteiger partial charge < -0.3 is 9.84 Å². The lowest BCUT2D eigenvalue weighted by Gasteiger charge is -2.00. The second-order valence-corrected chi connectivity index (χ2v) is 2.28. The van der Waals surface area contributed by atoms with Gasteiger partial charge in [0.1, 0.15) is 12.4 Å². The van der Waals surface area contributed by atoms with E-state index in [9.17, 15) is 0 Å². The minimum Gasteiger partial charge on any atom is -0.490 e. The highest BCUT2D eigenvalue weighted by atomic mass is 16.5. The van der Waals surface area contributed by atoms with E-state index >= 15 is 0 Å². The second kappa shape index (κ2) is 5.38. The molecule has 0 fully saturated rings. The van der Waals surface area contributed by atoms with Crippen LogP contribution in [0.4, 0.5) is 0 Å². The average molecular weight is 164 g/mol. The first-order chi connectivity index (χ1) is 5.93. The van der Waals surface area contributed by atoms with Crippen LogP contribution in [0.25, 0.3) is 0 Å². The molecule has 0 saturated carbocycles. The van der Waals surface area contributed by atoms with Crippen molar-refractivity contribution < 1.29 is 9.84 Å². The van der Waals surface area contributed by atoms with Gasteiger partial charge in [-0.05, 0) is 18.2 Å². The molecule has 1 N–H and O–H groups in total. The van der Waals surface area contributed by atoms with Gasteiger partial charge in [0.25, 0.3) is 0 Å². The molecule has 1 aromatic rings. The summed E-state index contributed by atoms with van der Waals surface area (Å²) < 4.78 is 5.31. The van der Waals surface area contributed by atoms with Crippen LogP contribution in [-0.4, -0.2) is 18.3 Å². The molecule has 12 heavy (non-hydrogen) atoms. The zero-order valence-corrected chi connectivity index (χ0v) is 6.81. The molecule has 0 heterocycles. The van der Waals surface area contributed by atoms with Crippen molar-refractivity contribution in [2.24, 2.45) is 0 Å². The van der Waals surface area contributed by atoms with Gasteiger partial charge >= 0.3 is 0 Å². The van der Waals surface area contributed by atoms with Gasteiger partial charge in [-0.2, -0.15) is 0 Å². The highest BCUT2D eigenvalue weighted by Gasteiger charge is 1.86. The standard InChI is InChI=1S/C10H12O2/c11-8-4-5-9-12-10-6-2-1-3-7-10/h1-7,11H,8-9H2. The molecule has 64 valence electrons. The summed E-state index contributed by atoms with van der Waals surface area (Å²) in [4.78, 5) is 0. The fourth-order valence-corrected chi connectivity index (χ4v) is 0.804. The number of benzene rings is 1. The maximum atomic E-state index is 8.42. The van der Waals surface area contributed by atoms with E-state index in [4.69, 9.17) is 9.84 Å². The maximum absolute atomic E-state index is 8.42. The topological polar surface area (TPSA) is 29.5 Å². The zero-order chi connectivity index (χ0) is 8.65. The molecule has 0 atom stereocenters. The van der Waals surface area contributed by atoms with Gasteiger partial charge in [0, 0.05) is 0 Å². The van der Waals surface area contributed by atoms with E-state index in [1.165, 1.54) is 0 Å². The van der Waals surface area contributed by atoms with Crippen LogP contribution in [0, 0.1) is 0 Å². The molecular formula is C10H12O2. The summed E-state index contributed by atoms with van der Waals surface area (Å²) in [5.74, 6) is 0.847. The first-order valence-electron chi connectivity index (χ1n) is 3.87. The fourth-order valence-electron chi connectivity index (χ4n) is 0.804. The molecule has 0 amide bonds. The highest BCUT2D eigenvalue weighted by molar-refractivity contribution is 5.21. The Bertz CT molecular complexity index is 229. The maximum Gasteiger partial charge on any atom is 0.119 e. The summed E-state index contributed by atoms with van der Waals surface area (Å²) in [6.07, 6.45) is 3.44. The molecule has 2 nitrogen and oxygen atoms in total. The van der Waals surface area contributed by atoms with Gasteiger partial charge in [-0.15, -0.1) is 0 Å². The van der Waals surface area contributed by atoms with Crippen LogP contribution in [-0.2, 0) is 0 Å². The number of para-hydroxylation sites is 1. The van der Waals surface area contributed by atoms with E-state index in [2.05, 4.69) is 0 Å². The Kier molecular flexibility index (Phi) is 3.95. The van der Waals surface area contributed by atoms with Crippen molar-refractivity contribution in [3.8, 4) is 5.75 Å². The third-order valence-electron chi connectivity index (χ3n) is 1.36. The molecular weight excluding hydrogens is 152 g/mol. The van der Waals surface area contributed by atoms with Gasteiger partial charge in [0.15, 0.2) is 0 Å². The Labute approximate surface area is 72.1 Å². The Hall–Kier alpha value is -1.28. The van der Waals surface area contributed by atoms with Crippen LogP contribution in [0.15, 0.2) is 42.5 Å². The molecule has 0 saturated heterocycles. The Morgan fingerprint density at radius 2 is 1.92 bits per heavy atom. The number of aliphatic hydroxyl groups excluding tert-OH is 1. The zero-order valence-electron chi connectivity index (χ0n) is 6.81. The van der Waals surface area contributed by atoms with Gasteiger partial charge in [-0.3, -0.25) is 0 Å². The molecule has 0 radical (unpaired) electrons. The lowest BCUT2D eigenvalue weighted by molar-refractivity contribution is 0.336. The van der Waals surface area contributed by atoms with Crippen molar-refractivity contribution in [1.82, 2.24) is 0 Å². The van der Waals surface area contributed by atoms with Gasteiger partial charge in [0.05, 0.1) is 6.61 Å². The van der Waals surface area contributed by atoms with Crippen molar-refractivity contribution in [3.05, 3.63) is 42.5 Å². The molecule has 0 aromatic heterocycles. The van der Waals surface area contributed by atoms with Crippen LogP contribution < -0.4 is 4.74 Å². The molecule has 0 aliphatic carbocycles. The van der Waals surface area contributed by atoms with Crippen LogP contribution in [0.5, 0.6) is 5.75 Å². The Morgan fingerprint density at radius 3 is 2.58 bits per heavy atom. The summed E-state index contributed by atoms with van der Waals surface area (Å²) in [5, 5.41) is 8.42. The number of hydrogen-bond acceptors (Lipinski definition) is 2. The molecule has 1 aromatic carbocycles. The number of rotatable bonds is 4. The van der Waals surface area contributed by atoms with Crippen LogP contribution in [0.3, 0.4) is 0 Å². The summed E-state index contributed by atoms with van der Waals surface area (Å²) >= 11 is 0. The van der Waals surface area contributed by atoms with Gasteiger partial charge in [-0.1, -0.05) is 24.3 Å². The Morgan fingerprint density at radius 1 is 1.17 bits per heavy atom. The molecule has 0 aliphatic rings. The van der Waals surface area contributed by atoms with Crippen LogP contribution in [0.2, 0.25) is 0 Å². The lowest BCUT2D eigenvalue weighted by Crippen LogP contribution is -1.92. The normalized spacial score (nSPS) is 10.4. The molecule has 0 bridgehead atoms.